The van der Waals surface area contributed by atoms with Crippen molar-refractivity contribution in [3.63, 3.8) is 0 Å². The van der Waals surface area contributed by atoms with Crippen molar-refractivity contribution in [3.05, 3.63) is 17.6 Å². The number of sulfonamides is 1. The van der Waals surface area contributed by atoms with Gasteiger partial charge in [0.2, 0.25) is 10.0 Å². The molecule has 1 amide bonds. The lowest BCUT2D eigenvalue weighted by molar-refractivity contribution is -0.133. The molecule has 8 nitrogen and oxygen atoms in total. The zero-order valence-corrected chi connectivity index (χ0v) is 14.1. The molecule has 2 N–H and O–H groups in total. The van der Waals surface area contributed by atoms with Crippen molar-refractivity contribution in [3.8, 4) is 0 Å². The Morgan fingerprint density at radius 1 is 1.41 bits per heavy atom. The first kappa shape index (κ1) is 18.5. The third-order valence-corrected chi connectivity index (χ3v) is 5.48. The van der Waals surface area contributed by atoms with E-state index in [9.17, 15) is 18.0 Å². The molecule has 0 fully saturated rings. The van der Waals surface area contributed by atoms with Crippen LogP contribution in [-0.4, -0.2) is 61.9 Å². The number of aliphatic carboxylic acids is 1. The molecule has 10 heteroatoms. The molecule has 0 saturated heterocycles. The molecule has 0 aliphatic rings. The zero-order chi connectivity index (χ0) is 16.9. The quantitative estimate of drug-likeness (QED) is 0.651. The van der Waals surface area contributed by atoms with Crippen LogP contribution in [0.5, 0.6) is 0 Å². The van der Waals surface area contributed by atoms with Crippen molar-refractivity contribution in [1.29, 1.82) is 0 Å². The number of nitrogens with one attached hydrogen (secondary N) is 1. The molecule has 1 heterocycles. The number of carbonyl (C=O) groups is 2. The molecule has 0 spiro atoms. The second kappa shape index (κ2) is 7.65. The van der Waals surface area contributed by atoms with E-state index in [2.05, 4.69) is 5.32 Å². The summed E-state index contributed by atoms with van der Waals surface area (Å²) < 4.78 is 30.3. The van der Waals surface area contributed by atoms with Crippen LogP contribution >= 0.6 is 11.8 Å². The van der Waals surface area contributed by atoms with Gasteiger partial charge in [-0.25, -0.2) is 12.7 Å². The fraction of sp³-hybridized carbons (Fsp3) is 0.500. The van der Waals surface area contributed by atoms with E-state index >= 15 is 0 Å². The van der Waals surface area contributed by atoms with Gasteiger partial charge in [0, 0.05) is 32.5 Å². The molecule has 1 aromatic rings. The Bertz CT molecular complexity index is 651. The summed E-state index contributed by atoms with van der Waals surface area (Å²) in [6.45, 7) is 1.72. The predicted molar refractivity (Wildman–Crippen MR) is 81.6 cm³/mol. The van der Waals surface area contributed by atoms with Crippen LogP contribution in [0.25, 0.3) is 0 Å². The predicted octanol–water partition coefficient (Wildman–Crippen LogP) is 0.386. The maximum Gasteiger partial charge on any atom is 0.313 e. The summed E-state index contributed by atoms with van der Waals surface area (Å²) in [6.07, 6.45) is 0. The molecule has 124 valence electrons. The highest BCUT2D eigenvalue weighted by atomic mass is 32.2. The Hall–Kier alpha value is -1.52. The zero-order valence-electron chi connectivity index (χ0n) is 12.5. The molecule has 1 aromatic heterocycles. The summed E-state index contributed by atoms with van der Waals surface area (Å²) in [5.41, 5.74) is 0. The van der Waals surface area contributed by atoms with Gasteiger partial charge in [-0.05, 0) is 6.92 Å². The van der Waals surface area contributed by atoms with Crippen LogP contribution in [0, 0.1) is 6.92 Å². The Balaban J connectivity index is 2.67. The number of hydrogen-bond acceptors (Lipinski definition) is 6. The largest absolute Gasteiger partial charge is 0.481 e. The van der Waals surface area contributed by atoms with Crippen LogP contribution in [0.2, 0.25) is 0 Å². The number of carboxylic acids is 1. The number of aryl methyl sites for hydroxylation is 1. The number of nitrogens with zero attached hydrogens (tertiary/aromatic N) is 1. The normalized spacial score (nSPS) is 11.6. The summed E-state index contributed by atoms with van der Waals surface area (Å²) >= 11 is 1.17. The number of carbonyl (C=O) groups excluding carboxylic acids is 1. The molecule has 22 heavy (non-hydrogen) atoms. The number of amides is 1. The highest BCUT2D eigenvalue weighted by Crippen LogP contribution is 2.22. The van der Waals surface area contributed by atoms with E-state index in [0.29, 0.717) is 5.75 Å². The van der Waals surface area contributed by atoms with Crippen molar-refractivity contribution >= 4 is 33.7 Å². The highest BCUT2D eigenvalue weighted by molar-refractivity contribution is 7.99. The van der Waals surface area contributed by atoms with Crippen molar-refractivity contribution in [2.75, 3.05) is 32.1 Å². The smallest absolute Gasteiger partial charge is 0.313 e. The fourth-order valence-electron chi connectivity index (χ4n) is 1.51. The molecule has 0 aliphatic carbocycles. The lowest BCUT2D eigenvalue weighted by Gasteiger charge is -2.09. The Morgan fingerprint density at radius 3 is 2.59 bits per heavy atom. The number of rotatable bonds is 8. The standard InChI is InChI=1S/C12H18N2O6S2/c1-8-10(22(18,19)14(2)3)6-9(20-8)12(17)13-4-5-21-7-11(15)16/h6H,4-5,7H2,1-3H3,(H,13,17)(H,15,16). The number of furan rings is 1. The topological polar surface area (TPSA) is 117 Å². The van der Waals surface area contributed by atoms with Gasteiger partial charge in [0.25, 0.3) is 5.91 Å². The summed E-state index contributed by atoms with van der Waals surface area (Å²) in [5.74, 6) is -1.03. The minimum atomic E-state index is -3.67. The van der Waals surface area contributed by atoms with Crippen LogP contribution in [-0.2, 0) is 14.8 Å². The van der Waals surface area contributed by atoms with Crippen molar-refractivity contribution < 1.29 is 27.5 Å². The van der Waals surface area contributed by atoms with Crippen molar-refractivity contribution in [2.45, 2.75) is 11.8 Å². The SMILES string of the molecule is Cc1oc(C(=O)NCCSCC(=O)O)cc1S(=O)(=O)N(C)C. The number of carboxylic acid groups (broad SMARTS) is 1. The van der Waals surface area contributed by atoms with E-state index < -0.39 is 21.9 Å². The van der Waals surface area contributed by atoms with E-state index in [1.54, 1.807) is 0 Å². The first-order chi connectivity index (χ1) is 10.2. The summed E-state index contributed by atoms with van der Waals surface area (Å²) in [7, 11) is -0.889. The van der Waals surface area contributed by atoms with Crippen LogP contribution in [0.15, 0.2) is 15.4 Å². The number of thioether (sulfide) groups is 1. The van der Waals surface area contributed by atoms with Crippen LogP contribution in [0.1, 0.15) is 16.3 Å². The molecular weight excluding hydrogens is 332 g/mol. The van der Waals surface area contributed by atoms with Gasteiger partial charge >= 0.3 is 5.97 Å². The van der Waals surface area contributed by atoms with E-state index in [1.807, 2.05) is 0 Å². The van der Waals surface area contributed by atoms with Gasteiger partial charge in [-0.1, -0.05) is 0 Å². The third-order valence-electron chi connectivity index (χ3n) is 2.61. The lowest BCUT2D eigenvalue weighted by atomic mass is 10.4. The summed E-state index contributed by atoms with van der Waals surface area (Å²) in [4.78, 5) is 22.1. The van der Waals surface area contributed by atoms with E-state index in [-0.39, 0.29) is 28.7 Å². The van der Waals surface area contributed by atoms with Crippen molar-refractivity contribution in [1.82, 2.24) is 9.62 Å². The Labute approximate surface area is 132 Å². The van der Waals surface area contributed by atoms with E-state index in [4.69, 9.17) is 9.52 Å². The minimum Gasteiger partial charge on any atom is -0.481 e. The van der Waals surface area contributed by atoms with Crippen LogP contribution in [0.3, 0.4) is 0 Å². The van der Waals surface area contributed by atoms with Gasteiger partial charge < -0.3 is 14.8 Å². The molecule has 1 rings (SSSR count). The molecular formula is C12H18N2O6S2. The maximum absolute atomic E-state index is 12.0. The third kappa shape index (κ3) is 4.75. The molecule has 0 atom stereocenters. The lowest BCUT2D eigenvalue weighted by Crippen LogP contribution is -2.25. The van der Waals surface area contributed by atoms with Gasteiger partial charge in [0.05, 0.1) is 5.75 Å². The maximum atomic E-state index is 12.0. The van der Waals surface area contributed by atoms with Gasteiger partial charge in [0.1, 0.15) is 10.7 Å². The molecule has 0 bridgehead atoms. The molecule has 0 unspecified atom stereocenters. The summed E-state index contributed by atoms with van der Waals surface area (Å²) in [5, 5.41) is 11.0. The van der Waals surface area contributed by atoms with Gasteiger partial charge in [-0.15, -0.1) is 11.8 Å². The van der Waals surface area contributed by atoms with Crippen molar-refractivity contribution in [2.24, 2.45) is 0 Å². The fourth-order valence-corrected chi connectivity index (χ4v) is 3.13. The molecule has 0 saturated carbocycles. The minimum absolute atomic E-state index is 0.0407. The Morgan fingerprint density at radius 2 is 2.05 bits per heavy atom. The first-order valence-electron chi connectivity index (χ1n) is 6.27. The second-order valence-corrected chi connectivity index (χ2v) is 7.75. The Kier molecular flexibility index (Phi) is 6.45. The molecule has 0 radical (unpaired) electrons. The first-order valence-corrected chi connectivity index (χ1v) is 8.86. The average Bonchev–Trinajstić information content (AvgIpc) is 2.80. The van der Waals surface area contributed by atoms with Crippen LogP contribution < -0.4 is 5.32 Å². The van der Waals surface area contributed by atoms with Gasteiger partial charge in [0.15, 0.2) is 5.76 Å². The van der Waals surface area contributed by atoms with Gasteiger partial charge in [-0.3, -0.25) is 9.59 Å². The van der Waals surface area contributed by atoms with Crippen LogP contribution in [0.4, 0.5) is 0 Å². The highest BCUT2D eigenvalue weighted by Gasteiger charge is 2.25. The summed E-state index contributed by atoms with van der Waals surface area (Å²) in [6, 6.07) is 1.18. The van der Waals surface area contributed by atoms with Gasteiger partial charge in [-0.2, -0.15) is 0 Å². The number of hydrogen-bond donors (Lipinski definition) is 2. The molecule has 0 aliphatic heterocycles. The molecule has 0 aromatic carbocycles. The monoisotopic (exact) mass is 350 g/mol. The van der Waals surface area contributed by atoms with E-state index in [1.165, 1.54) is 38.8 Å². The average molecular weight is 350 g/mol. The second-order valence-electron chi connectivity index (χ2n) is 4.52. The van der Waals surface area contributed by atoms with E-state index in [0.717, 1.165) is 4.31 Å².